The van der Waals surface area contributed by atoms with Gasteiger partial charge < -0.3 is 4.79 Å². The Bertz CT molecular complexity index is 291. The lowest BCUT2D eigenvalue weighted by Crippen LogP contribution is -2.01. The van der Waals surface area contributed by atoms with Crippen molar-refractivity contribution in [3.05, 3.63) is 35.4 Å². The van der Waals surface area contributed by atoms with E-state index in [9.17, 15) is 4.79 Å². The average Bonchev–Trinajstić information content (AvgIpc) is 2.18. The van der Waals surface area contributed by atoms with Crippen LogP contribution in [0.5, 0.6) is 0 Å². The van der Waals surface area contributed by atoms with Gasteiger partial charge in [-0.1, -0.05) is 31.2 Å². The molecule has 0 aliphatic carbocycles. The Morgan fingerprint density at radius 3 is 2.71 bits per heavy atom. The van der Waals surface area contributed by atoms with E-state index in [-0.39, 0.29) is 0 Å². The highest BCUT2D eigenvalue weighted by molar-refractivity contribution is 5.49. The molecule has 0 saturated carbocycles. The molecule has 0 spiro atoms. The van der Waals surface area contributed by atoms with E-state index in [1.807, 2.05) is 0 Å². The average molecular weight is 190 g/mol. The van der Waals surface area contributed by atoms with Gasteiger partial charge in [0.25, 0.3) is 0 Å². The van der Waals surface area contributed by atoms with Crippen molar-refractivity contribution in [2.75, 3.05) is 0 Å². The molecule has 0 radical (unpaired) electrons. The minimum absolute atomic E-state index is 0.598. The molecule has 1 heteroatoms. The maximum Gasteiger partial charge on any atom is 0.120 e. The Hall–Kier alpha value is -1.11. The highest BCUT2D eigenvalue weighted by atomic mass is 16.1. The van der Waals surface area contributed by atoms with Crippen molar-refractivity contribution < 1.29 is 4.79 Å². The first-order valence-corrected chi connectivity index (χ1v) is 5.22. The molecule has 76 valence electrons. The summed E-state index contributed by atoms with van der Waals surface area (Å²) in [5.74, 6) is 0.598. The van der Waals surface area contributed by atoms with E-state index in [2.05, 4.69) is 38.1 Å². The van der Waals surface area contributed by atoms with E-state index >= 15 is 0 Å². The summed E-state index contributed by atoms with van der Waals surface area (Å²) >= 11 is 0. The number of aldehydes is 1. The molecule has 1 rings (SSSR count). The van der Waals surface area contributed by atoms with Crippen molar-refractivity contribution in [3.63, 3.8) is 0 Å². The predicted molar refractivity (Wildman–Crippen MR) is 59.3 cm³/mol. The van der Waals surface area contributed by atoms with E-state index in [1.54, 1.807) is 0 Å². The van der Waals surface area contributed by atoms with Crippen LogP contribution in [0, 0.1) is 12.8 Å². The van der Waals surface area contributed by atoms with Crippen LogP contribution in [0.4, 0.5) is 0 Å². The normalized spacial score (nSPS) is 12.4. The minimum Gasteiger partial charge on any atom is -0.303 e. The number of benzene rings is 1. The van der Waals surface area contributed by atoms with Crippen LogP contribution in [0.3, 0.4) is 0 Å². The number of hydrogen-bond acceptors (Lipinski definition) is 1. The zero-order valence-electron chi connectivity index (χ0n) is 8.99. The van der Waals surface area contributed by atoms with Gasteiger partial charge in [0.1, 0.15) is 6.29 Å². The second kappa shape index (κ2) is 5.58. The van der Waals surface area contributed by atoms with Gasteiger partial charge in [-0.15, -0.1) is 0 Å². The summed E-state index contributed by atoms with van der Waals surface area (Å²) in [4.78, 5) is 10.2. The van der Waals surface area contributed by atoms with E-state index in [4.69, 9.17) is 0 Å². The first-order valence-electron chi connectivity index (χ1n) is 5.22. The van der Waals surface area contributed by atoms with E-state index in [0.717, 1.165) is 19.1 Å². The SMILES string of the molecule is Cc1ccccc1CC(C)CCC=O. The van der Waals surface area contributed by atoms with Gasteiger partial charge >= 0.3 is 0 Å². The smallest absolute Gasteiger partial charge is 0.120 e. The van der Waals surface area contributed by atoms with Crippen LogP contribution in [0.2, 0.25) is 0 Å². The third-order valence-corrected chi connectivity index (χ3v) is 2.61. The van der Waals surface area contributed by atoms with Crippen molar-refractivity contribution in [2.24, 2.45) is 5.92 Å². The van der Waals surface area contributed by atoms with Gasteiger partial charge in [-0.25, -0.2) is 0 Å². The molecular weight excluding hydrogens is 172 g/mol. The highest BCUT2D eigenvalue weighted by Crippen LogP contribution is 2.15. The third kappa shape index (κ3) is 3.33. The van der Waals surface area contributed by atoms with Gasteiger partial charge in [0.15, 0.2) is 0 Å². The molecule has 0 bridgehead atoms. The Morgan fingerprint density at radius 1 is 1.36 bits per heavy atom. The second-order valence-corrected chi connectivity index (χ2v) is 3.98. The Balaban J connectivity index is 2.51. The molecule has 1 atom stereocenters. The topological polar surface area (TPSA) is 17.1 Å². The van der Waals surface area contributed by atoms with Crippen LogP contribution >= 0.6 is 0 Å². The number of rotatable bonds is 5. The van der Waals surface area contributed by atoms with Crippen LogP contribution in [0.1, 0.15) is 30.9 Å². The lowest BCUT2D eigenvalue weighted by molar-refractivity contribution is -0.108. The van der Waals surface area contributed by atoms with Gasteiger partial charge in [0, 0.05) is 6.42 Å². The summed E-state index contributed by atoms with van der Waals surface area (Å²) in [6.45, 7) is 4.34. The van der Waals surface area contributed by atoms with E-state index in [0.29, 0.717) is 12.3 Å². The molecule has 0 heterocycles. The van der Waals surface area contributed by atoms with Crippen LogP contribution < -0.4 is 0 Å². The van der Waals surface area contributed by atoms with Gasteiger partial charge in [0.2, 0.25) is 0 Å². The van der Waals surface area contributed by atoms with Crippen LogP contribution in [-0.2, 0) is 11.2 Å². The fourth-order valence-electron chi connectivity index (χ4n) is 1.67. The molecular formula is C13H18O. The van der Waals surface area contributed by atoms with Gasteiger partial charge in [-0.2, -0.15) is 0 Å². The van der Waals surface area contributed by atoms with Crippen LogP contribution in [0.15, 0.2) is 24.3 Å². The lowest BCUT2D eigenvalue weighted by Gasteiger charge is -2.11. The maximum atomic E-state index is 10.2. The minimum atomic E-state index is 0.598. The van der Waals surface area contributed by atoms with Gasteiger partial charge in [-0.05, 0) is 36.8 Å². The number of hydrogen-bond donors (Lipinski definition) is 0. The molecule has 0 N–H and O–H groups in total. The zero-order chi connectivity index (χ0) is 10.4. The summed E-state index contributed by atoms with van der Waals surface area (Å²) in [6, 6.07) is 8.46. The second-order valence-electron chi connectivity index (χ2n) is 3.98. The van der Waals surface area contributed by atoms with E-state index < -0.39 is 0 Å². The fourth-order valence-corrected chi connectivity index (χ4v) is 1.67. The third-order valence-electron chi connectivity index (χ3n) is 2.61. The summed E-state index contributed by atoms with van der Waals surface area (Å²) < 4.78 is 0. The molecule has 0 saturated heterocycles. The monoisotopic (exact) mass is 190 g/mol. The first kappa shape index (κ1) is 11.0. The number of aryl methyl sites for hydroxylation is 1. The largest absolute Gasteiger partial charge is 0.303 e. The molecule has 0 aliphatic heterocycles. The number of carbonyl (C=O) groups is 1. The van der Waals surface area contributed by atoms with Gasteiger partial charge in [0.05, 0.1) is 0 Å². The summed E-state index contributed by atoms with van der Waals surface area (Å²) in [5.41, 5.74) is 2.76. The molecule has 1 aromatic rings. The molecule has 0 aliphatic rings. The zero-order valence-corrected chi connectivity index (χ0v) is 8.99. The molecule has 1 unspecified atom stereocenters. The van der Waals surface area contributed by atoms with Crippen molar-refractivity contribution >= 4 is 6.29 Å². The lowest BCUT2D eigenvalue weighted by atomic mass is 9.94. The van der Waals surface area contributed by atoms with Crippen molar-refractivity contribution in [3.8, 4) is 0 Å². The van der Waals surface area contributed by atoms with Crippen LogP contribution in [-0.4, -0.2) is 6.29 Å². The predicted octanol–water partition coefficient (Wildman–Crippen LogP) is 3.15. The molecule has 0 amide bonds. The fraction of sp³-hybridized carbons (Fsp3) is 0.462. The Labute approximate surface area is 86.1 Å². The Morgan fingerprint density at radius 2 is 2.07 bits per heavy atom. The molecule has 0 fully saturated rings. The van der Waals surface area contributed by atoms with Crippen LogP contribution in [0.25, 0.3) is 0 Å². The van der Waals surface area contributed by atoms with Gasteiger partial charge in [-0.3, -0.25) is 0 Å². The van der Waals surface area contributed by atoms with Crippen molar-refractivity contribution in [1.29, 1.82) is 0 Å². The highest BCUT2D eigenvalue weighted by Gasteiger charge is 2.04. The molecule has 1 nitrogen and oxygen atoms in total. The summed E-state index contributed by atoms with van der Waals surface area (Å²) in [7, 11) is 0. The standard InChI is InChI=1S/C13H18O/c1-11(6-5-9-14)10-13-8-4-3-7-12(13)2/h3-4,7-9,11H,5-6,10H2,1-2H3. The summed E-state index contributed by atoms with van der Waals surface area (Å²) in [6.07, 6.45) is 3.78. The molecule has 1 aromatic carbocycles. The molecule has 0 aromatic heterocycles. The van der Waals surface area contributed by atoms with Crippen molar-refractivity contribution in [1.82, 2.24) is 0 Å². The quantitative estimate of drug-likeness (QED) is 0.652. The number of carbonyl (C=O) groups excluding carboxylic acids is 1. The first-order chi connectivity index (χ1) is 6.74. The molecule has 14 heavy (non-hydrogen) atoms. The maximum absolute atomic E-state index is 10.2. The summed E-state index contributed by atoms with van der Waals surface area (Å²) in [5, 5.41) is 0. The van der Waals surface area contributed by atoms with Crippen molar-refractivity contribution in [2.45, 2.75) is 33.1 Å². The Kier molecular flexibility index (Phi) is 4.37. The van der Waals surface area contributed by atoms with E-state index in [1.165, 1.54) is 11.1 Å².